The van der Waals surface area contributed by atoms with Gasteiger partial charge in [0.25, 0.3) is 0 Å². The number of halogens is 2. The molecule has 160 valence electrons. The molecule has 9 heteroatoms. The molecule has 5 atom stereocenters. The molecule has 3 aliphatic heterocycles. The fourth-order valence-corrected chi connectivity index (χ4v) is 5.11. The van der Waals surface area contributed by atoms with E-state index in [1.54, 1.807) is 0 Å². The van der Waals surface area contributed by atoms with Gasteiger partial charge in [0.2, 0.25) is 17.7 Å². The molecule has 7 nitrogen and oxygen atoms in total. The number of benzene rings is 2. The molecule has 3 aliphatic rings. The molecule has 3 amide bonds. The minimum Gasteiger partial charge on any atom is -0.392 e. The highest BCUT2D eigenvalue weighted by atomic mass is 19.1. The van der Waals surface area contributed by atoms with Crippen molar-refractivity contribution in [3.63, 3.8) is 0 Å². The fourth-order valence-electron chi connectivity index (χ4n) is 5.11. The number of aliphatic hydroxyl groups is 1. The third kappa shape index (κ3) is 2.66. The van der Waals surface area contributed by atoms with Crippen molar-refractivity contribution >= 4 is 23.4 Å². The number of anilines is 1. The van der Waals surface area contributed by atoms with Gasteiger partial charge in [-0.05, 0) is 42.8 Å². The summed E-state index contributed by atoms with van der Waals surface area (Å²) >= 11 is 0. The third-order valence-electron chi connectivity index (χ3n) is 6.48. The molecule has 3 heterocycles. The summed E-state index contributed by atoms with van der Waals surface area (Å²) in [5.41, 5.74) is -0.545. The second-order valence-corrected chi connectivity index (χ2v) is 8.26. The van der Waals surface area contributed by atoms with Crippen LogP contribution < -0.4 is 10.6 Å². The lowest BCUT2D eigenvalue weighted by atomic mass is 9.76. The predicted molar refractivity (Wildman–Crippen MR) is 104 cm³/mol. The quantitative estimate of drug-likeness (QED) is 0.641. The number of hydrogen-bond donors (Lipinski definition) is 3. The third-order valence-corrected chi connectivity index (χ3v) is 6.48. The van der Waals surface area contributed by atoms with Crippen LogP contribution in [0, 0.1) is 23.5 Å². The largest absolute Gasteiger partial charge is 0.392 e. The number of fused-ring (bicyclic) bond motifs is 4. The number of amides is 3. The number of rotatable bonds is 3. The van der Waals surface area contributed by atoms with E-state index >= 15 is 0 Å². The zero-order chi connectivity index (χ0) is 22.1. The van der Waals surface area contributed by atoms with Crippen molar-refractivity contribution in [2.75, 3.05) is 5.32 Å². The van der Waals surface area contributed by atoms with E-state index in [1.807, 2.05) is 0 Å². The summed E-state index contributed by atoms with van der Waals surface area (Å²) in [4.78, 5) is 40.9. The number of nitrogens with one attached hydrogen (secondary N) is 2. The molecule has 2 saturated heterocycles. The second-order valence-electron chi connectivity index (χ2n) is 8.26. The number of likely N-dealkylation sites (tertiary alicyclic amines) is 1. The van der Waals surface area contributed by atoms with Crippen LogP contribution in [0.3, 0.4) is 0 Å². The number of carbonyl (C=O) groups excluding carboxylic acids is 3. The Morgan fingerprint density at radius 2 is 1.74 bits per heavy atom. The van der Waals surface area contributed by atoms with Gasteiger partial charge in [-0.2, -0.15) is 0 Å². The van der Waals surface area contributed by atoms with Crippen molar-refractivity contribution < 1.29 is 28.3 Å². The molecule has 0 saturated carbocycles. The Bertz CT molecular complexity index is 1120. The maximum atomic E-state index is 14.1. The van der Waals surface area contributed by atoms with Crippen LogP contribution in [0.2, 0.25) is 0 Å². The lowest BCUT2D eigenvalue weighted by Crippen LogP contribution is -2.54. The van der Waals surface area contributed by atoms with Crippen LogP contribution >= 0.6 is 0 Å². The van der Waals surface area contributed by atoms with E-state index in [2.05, 4.69) is 10.6 Å². The molecule has 31 heavy (non-hydrogen) atoms. The summed E-state index contributed by atoms with van der Waals surface area (Å²) in [6.45, 7) is 1.37. The highest BCUT2D eigenvalue weighted by molar-refractivity contribution is 6.15. The number of nitrogens with zero attached hydrogens (tertiary/aromatic N) is 1. The minimum absolute atomic E-state index is 0.0921. The second kappa shape index (κ2) is 6.66. The molecular formula is C22H19F2N3O4. The van der Waals surface area contributed by atoms with E-state index in [9.17, 15) is 28.3 Å². The van der Waals surface area contributed by atoms with Gasteiger partial charge in [0, 0.05) is 17.3 Å². The standard InChI is InChI=1S/C22H19F2N3O4/c1-10(28)18-16-17(20(30)27(19(16)29)9-11-2-4-12(23)5-3-11)22(26-18)14-8-13(24)6-7-15(14)25-21(22)31/h2-8,10,16-18,26,28H,9H2,1H3,(H,25,31)/t10?,16-,17-,18?,22?/m0/s1. The highest BCUT2D eigenvalue weighted by Crippen LogP contribution is 2.53. The van der Waals surface area contributed by atoms with E-state index in [0.717, 1.165) is 4.90 Å². The number of hydrogen-bond acceptors (Lipinski definition) is 5. The predicted octanol–water partition coefficient (Wildman–Crippen LogP) is 1.27. The Morgan fingerprint density at radius 3 is 2.42 bits per heavy atom. The number of aliphatic hydroxyl groups excluding tert-OH is 1. The number of carbonyl (C=O) groups is 3. The summed E-state index contributed by atoms with van der Waals surface area (Å²) in [6, 6.07) is 8.27. The van der Waals surface area contributed by atoms with Crippen LogP contribution in [0.4, 0.5) is 14.5 Å². The first-order valence-electron chi connectivity index (χ1n) is 9.91. The Hall–Kier alpha value is -3.17. The molecule has 0 radical (unpaired) electrons. The molecule has 3 N–H and O–H groups in total. The zero-order valence-corrected chi connectivity index (χ0v) is 16.4. The van der Waals surface area contributed by atoms with Crippen LogP contribution in [0.15, 0.2) is 42.5 Å². The first-order chi connectivity index (χ1) is 14.7. The Morgan fingerprint density at radius 1 is 1.06 bits per heavy atom. The van der Waals surface area contributed by atoms with Gasteiger partial charge in [-0.3, -0.25) is 24.6 Å². The molecule has 1 spiro atoms. The van der Waals surface area contributed by atoms with Crippen LogP contribution in [0.25, 0.3) is 0 Å². The Kier molecular flexibility index (Phi) is 4.25. The normalized spacial score (nSPS) is 30.0. The highest BCUT2D eigenvalue weighted by Gasteiger charge is 2.71. The monoisotopic (exact) mass is 427 g/mol. The average Bonchev–Trinajstić information content (AvgIpc) is 3.31. The molecule has 2 aromatic carbocycles. The van der Waals surface area contributed by atoms with Crippen LogP contribution in [0.5, 0.6) is 0 Å². The fraction of sp³-hybridized carbons (Fsp3) is 0.318. The summed E-state index contributed by atoms with van der Waals surface area (Å²) in [5, 5.41) is 16.0. The maximum Gasteiger partial charge on any atom is 0.250 e. The SMILES string of the molecule is CC(O)C1NC2(C(=O)Nc3ccc(F)cc32)[C@@H]2C(=O)N(Cc3ccc(F)cc3)C(=O)[C@H]12. The first kappa shape index (κ1) is 19.8. The van der Waals surface area contributed by atoms with Crippen molar-refractivity contribution in [2.45, 2.75) is 31.2 Å². The lowest BCUT2D eigenvalue weighted by Gasteiger charge is -2.30. The van der Waals surface area contributed by atoms with E-state index in [4.69, 9.17) is 0 Å². The van der Waals surface area contributed by atoms with Gasteiger partial charge in [-0.1, -0.05) is 12.1 Å². The van der Waals surface area contributed by atoms with Gasteiger partial charge >= 0.3 is 0 Å². The van der Waals surface area contributed by atoms with E-state index in [-0.39, 0.29) is 12.1 Å². The van der Waals surface area contributed by atoms with E-state index in [1.165, 1.54) is 49.4 Å². The molecule has 0 aromatic heterocycles. The van der Waals surface area contributed by atoms with Gasteiger partial charge in [0.15, 0.2) is 0 Å². The smallest absolute Gasteiger partial charge is 0.250 e. The number of imide groups is 1. The minimum atomic E-state index is -1.67. The molecule has 5 rings (SSSR count). The van der Waals surface area contributed by atoms with Gasteiger partial charge in [0.05, 0.1) is 24.5 Å². The summed E-state index contributed by atoms with van der Waals surface area (Å²) in [7, 11) is 0. The summed E-state index contributed by atoms with van der Waals surface area (Å²) < 4.78 is 27.3. The molecule has 2 fully saturated rings. The van der Waals surface area contributed by atoms with Crippen LogP contribution in [-0.4, -0.2) is 39.9 Å². The van der Waals surface area contributed by atoms with Gasteiger partial charge < -0.3 is 10.4 Å². The molecule has 3 unspecified atom stereocenters. The molecule has 0 bridgehead atoms. The van der Waals surface area contributed by atoms with Crippen molar-refractivity contribution in [3.05, 3.63) is 65.2 Å². The Labute approximate surface area is 176 Å². The topological polar surface area (TPSA) is 98.7 Å². The summed E-state index contributed by atoms with van der Waals surface area (Å²) in [5.74, 6) is -4.90. The van der Waals surface area contributed by atoms with Crippen molar-refractivity contribution in [1.82, 2.24) is 10.2 Å². The van der Waals surface area contributed by atoms with Crippen LogP contribution in [0.1, 0.15) is 18.1 Å². The average molecular weight is 427 g/mol. The van der Waals surface area contributed by atoms with Gasteiger partial charge in [-0.15, -0.1) is 0 Å². The maximum absolute atomic E-state index is 14.1. The molecular weight excluding hydrogens is 408 g/mol. The van der Waals surface area contributed by atoms with Gasteiger partial charge in [0.1, 0.15) is 17.2 Å². The first-order valence-corrected chi connectivity index (χ1v) is 9.91. The van der Waals surface area contributed by atoms with E-state index in [0.29, 0.717) is 11.3 Å². The zero-order valence-electron chi connectivity index (χ0n) is 16.4. The van der Waals surface area contributed by atoms with Crippen LogP contribution in [-0.2, 0) is 26.5 Å². The van der Waals surface area contributed by atoms with Gasteiger partial charge in [-0.25, -0.2) is 8.78 Å². The molecule has 2 aromatic rings. The van der Waals surface area contributed by atoms with Crippen molar-refractivity contribution in [2.24, 2.45) is 11.8 Å². The van der Waals surface area contributed by atoms with Crippen molar-refractivity contribution in [1.29, 1.82) is 0 Å². The lowest BCUT2D eigenvalue weighted by molar-refractivity contribution is -0.143. The van der Waals surface area contributed by atoms with Crippen molar-refractivity contribution in [3.8, 4) is 0 Å². The summed E-state index contributed by atoms with van der Waals surface area (Å²) in [6.07, 6.45) is -1.06. The van der Waals surface area contributed by atoms with E-state index < -0.39 is 58.9 Å². The Balaban J connectivity index is 1.61. The molecule has 0 aliphatic carbocycles.